The van der Waals surface area contributed by atoms with E-state index in [2.05, 4.69) is 34.7 Å². The highest BCUT2D eigenvalue weighted by atomic mass is 79.9. The maximum absolute atomic E-state index is 13.7. The molecule has 0 aliphatic carbocycles. The highest BCUT2D eigenvalue weighted by Gasteiger charge is 2.41. The minimum atomic E-state index is -0.949. The maximum atomic E-state index is 13.7. The maximum Gasteiger partial charge on any atom is 0.123 e. The normalized spacial score (nSPS) is 18.3. The second-order valence-electron chi connectivity index (χ2n) is 6.89. The predicted molar refractivity (Wildman–Crippen MR) is 96.7 cm³/mol. The highest BCUT2D eigenvalue weighted by molar-refractivity contribution is 9.10. The van der Waals surface area contributed by atoms with Gasteiger partial charge in [-0.05, 0) is 35.4 Å². The summed E-state index contributed by atoms with van der Waals surface area (Å²) < 4.78 is 14.6. The van der Waals surface area contributed by atoms with Crippen molar-refractivity contribution in [1.29, 1.82) is 0 Å². The number of fused-ring (bicyclic) bond motifs is 1. The molecule has 1 aliphatic rings. The van der Waals surface area contributed by atoms with Crippen LogP contribution in [0.1, 0.15) is 31.0 Å². The molecule has 24 heavy (non-hydrogen) atoms. The Kier molecular flexibility index (Phi) is 4.69. The van der Waals surface area contributed by atoms with Crippen molar-refractivity contribution in [2.45, 2.75) is 31.4 Å². The summed E-state index contributed by atoms with van der Waals surface area (Å²) in [7, 11) is 0. The summed E-state index contributed by atoms with van der Waals surface area (Å²) in [4.78, 5) is 2.07. The van der Waals surface area contributed by atoms with Gasteiger partial charge in [0.1, 0.15) is 11.9 Å². The van der Waals surface area contributed by atoms with Crippen LogP contribution in [0.15, 0.2) is 46.9 Å². The molecule has 0 spiro atoms. The lowest BCUT2D eigenvalue weighted by molar-refractivity contribution is 0.0708. The zero-order valence-electron chi connectivity index (χ0n) is 13.7. The molecule has 0 unspecified atom stereocenters. The van der Waals surface area contributed by atoms with Crippen LogP contribution < -0.4 is 4.90 Å². The second-order valence-corrected chi connectivity index (χ2v) is 7.74. The molecule has 2 N–H and O–H groups in total. The van der Waals surface area contributed by atoms with E-state index >= 15 is 0 Å². The van der Waals surface area contributed by atoms with Crippen molar-refractivity contribution < 1.29 is 14.6 Å². The Balaban J connectivity index is 2.13. The van der Waals surface area contributed by atoms with Crippen LogP contribution in [0, 0.1) is 5.82 Å². The van der Waals surface area contributed by atoms with Gasteiger partial charge in [0.25, 0.3) is 0 Å². The fourth-order valence-electron chi connectivity index (χ4n) is 3.54. The number of aliphatic hydroxyl groups excluding tert-OH is 2. The number of hydrogen-bond donors (Lipinski definition) is 2. The molecular weight excluding hydrogens is 373 g/mol. The lowest BCUT2D eigenvalue weighted by Gasteiger charge is -2.35. The van der Waals surface area contributed by atoms with Gasteiger partial charge in [-0.25, -0.2) is 4.39 Å². The first-order valence-corrected chi connectivity index (χ1v) is 8.74. The number of benzene rings is 2. The van der Waals surface area contributed by atoms with Crippen molar-refractivity contribution in [2.75, 3.05) is 18.1 Å². The predicted octanol–water partition coefficient (Wildman–Crippen LogP) is 3.78. The Morgan fingerprint density at radius 3 is 2.62 bits per heavy atom. The minimum absolute atomic E-state index is 0.244. The average Bonchev–Trinajstić information content (AvgIpc) is 2.80. The van der Waals surface area contributed by atoms with Gasteiger partial charge >= 0.3 is 0 Å². The molecule has 2 atom stereocenters. The van der Waals surface area contributed by atoms with Crippen LogP contribution in [0.3, 0.4) is 0 Å². The number of halogens is 2. The average molecular weight is 394 g/mol. The van der Waals surface area contributed by atoms with E-state index in [-0.39, 0.29) is 17.8 Å². The highest BCUT2D eigenvalue weighted by Crippen LogP contribution is 2.46. The van der Waals surface area contributed by atoms with E-state index in [1.807, 2.05) is 24.3 Å². The standard InChI is InChI=1S/C19H21BrFNO2/c1-19(2)11-22(16-8-7-12(21)9-14(16)19)18(17(24)10-23)13-5-3-4-6-15(13)20/h3-9,17-18,23-24H,10-11H2,1-2H3/t17-,18+/m1/s1. The van der Waals surface area contributed by atoms with Crippen LogP contribution in [-0.2, 0) is 5.41 Å². The fraction of sp³-hybridized carbons (Fsp3) is 0.368. The van der Waals surface area contributed by atoms with Crippen LogP contribution in [0.5, 0.6) is 0 Å². The van der Waals surface area contributed by atoms with E-state index in [1.54, 1.807) is 12.1 Å². The summed E-state index contributed by atoms with van der Waals surface area (Å²) in [6, 6.07) is 12.0. The first kappa shape index (κ1) is 17.4. The van der Waals surface area contributed by atoms with Crippen LogP contribution in [0.2, 0.25) is 0 Å². The van der Waals surface area contributed by atoms with Crippen LogP contribution >= 0.6 is 15.9 Å². The van der Waals surface area contributed by atoms with E-state index in [0.29, 0.717) is 6.54 Å². The van der Waals surface area contributed by atoms with Gasteiger partial charge in [0.2, 0.25) is 0 Å². The summed E-state index contributed by atoms with van der Waals surface area (Å²) in [5.74, 6) is -0.260. The summed E-state index contributed by atoms with van der Waals surface area (Å²) in [5, 5.41) is 20.1. The third kappa shape index (κ3) is 2.96. The number of hydrogen-bond acceptors (Lipinski definition) is 3. The van der Waals surface area contributed by atoms with Crippen molar-refractivity contribution in [2.24, 2.45) is 0 Å². The Bertz CT molecular complexity index is 750. The molecule has 2 aromatic rings. The van der Waals surface area contributed by atoms with Gasteiger partial charge in [0.05, 0.1) is 12.6 Å². The molecule has 128 valence electrons. The van der Waals surface area contributed by atoms with Gasteiger partial charge < -0.3 is 15.1 Å². The Morgan fingerprint density at radius 1 is 1.25 bits per heavy atom. The third-order valence-corrected chi connectivity index (χ3v) is 5.40. The van der Waals surface area contributed by atoms with Crippen LogP contribution in [-0.4, -0.2) is 29.5 Å². The summed E-state index contributed by atoms with van der Waals surface area (Å²) in [5.41, 5.74) is 2.47. The lowest BCUT2D eigenvalue weighted by atomic mass is 9.87. The quantitative estimate of drug-likeness (QED) is 0.830. The van der Waals surface area contributed by atoms with E-state index in [1.165, 1.54) is 6.07 Å². The van der Waals surface area contributed by atoms with Gasteiger partial charge in [-0.2, -0.15) is 0 Å². The van der Waals surface area contributed by atoms with E-state index in [4.69, 9.17) is 0 Å². The van der Waals surface area contributed by atoms with Crippen molar-refractivity contribution in [3.63, 3.8) is 0 Å². The van der Waals surface area contributed by atoms with Gasteiger partial charge in [0.15, 0.2) is 0 Å². The topological polar surface area (TPSA) is 43.7 Å². The molecular formula is C19H21BrFNO2. The molecule has 3 nitrogen and oxygen atoms in total. The smallest absolute Gasteiger partial charge is 0.123 e. The molecule has 1 aliphatic heterocycles. The van der Waals surface area contributed by atoms with Crippen molar-refractivity contribution in [1.82, 2.24) is 0 Å². The molecule has 5 heteroatoms. The van der Waals surface area contributed by atoms with Gasteiger partial charge in [-0.3, -0.25) is 0 Å². The van der Waals surface area contributed by atoms with Crippen molar-refractivity contribution >= 4 is 21.6 Å². The molecule has 0 radical (unpaired) electrons. The fourth-order valence-corrected chi connectivity index (χ4v) is 4.06. The first-order valence-electron chi connectivity index (χ1n) is 7.95. The molecule has 1 heterocycles. The summed E-state index contributed by atoms with van der Waals surface area (Å²) in [6.45, 7) is 4.41. The summed E-state index contributed by atoms with van der Waals surface area (Å²) in [6.07, 6.45) is -0.949. The Hall–Kier alpha value is -1.43. The van der Waals surface area contributed by atoms with Crippen LogP contribution in [0.4, 0.5) is 10.1 Å². The largest absolute Gasteiger partial charge is 0.394 e. The molecule has 0 fully saturated rings. The van der Waals surface area contributed by atoms with Gasteiger partial charge in [-0.15, -0.1) is 0 Å². The number of nitrogens with zero attached hydrogens (tertiary/aromatic N) is 1. The SMILES string of the molecule is CC1(C)CN([C@@H](c2ccccc2Br)[C@H](O)CO)c2ccc(F)cc21. The van der Waals surface area contributed by atoms with Gasteiger partial charge in [0, 0.05) is 22.1 Å². The zero-order chi connectivity index (χ0) is 17.5. The molecule has 0 amide bonds. The number of rotatable bonds is 4. The molecule has 0 saturated heterocycles. The molecule has 2 aromatic carbocycles. The second kappa shape index (κ2) is 6.47. The number of aliphatic hydroxyl groups is 2. The Labute approximate surface area is 149 Å². The first-order chi connectivity index (χ1) is 11.3. The molecule has 0 aromatic heterocycles. The minimum Gasteiger partial charge on any atom is -0.394 e. The van der Waals surface area contributed by atoms with Crippen molar-refractivity contribution in [3.05, 3.63) is 63.9 Å². The monoisotopic (exact) mass is 393 g/mol. The van der Waals surface area contributed by atoms with Crippen LogP contribution in [0.25, 0.3) is 0 Å². The zero-order valence-corrected chi connectivity index (χ0v) is 15.3. The molecule has 0 saturated carbocycles. The van der Waals surface area contributed by atoms with Crippen molar-refractivity contribution in [3.8, 4) is 0 Å². The molecule has 3 rings (SSSR count). The number of anilines is 1. The third-order valence-electron chi connectivity index (χ3n) is 4.67. The lowest BCUT2D eigenvalue weighted by Crippen LogP contribution is -2.40. The van der Waals surface area contributed by atoms with Gasteiger partial charge in [-0.1, -0.05) is 48.0 Å². The van der Waals surface area contributed by atoms with E-state index < -0.39 is 12.1 Å². The van der Waals surface area contributed by atoms with E-state index in [0.717, 1.165) is 21.3 Å². The summed E-state index contributed by atoms with van der Waals surface area (Å²) >= 11 is 3.54. The molecule has 0 bridgehead atoms. The Morgan fingerprint density at radius 2 is 1.96 bits per heavy atom. The van der Waals surface area contributed by atoms with E-state index in [9.17, 15) is 14.6 Å².